The van der Waals surface area contributed by atoms with E-state index in [4.69, 9.17) is 10.5 Å². The molecule has 21 heavy (non-hydrogen) atoms. The van der Waals surface area contributed by atoms with Gasteiger partial charge in [-0.2, -0.15) is 0 Å². The summed E-state index contributed by atoms with van der Waals surface area (Å²) in [5.41, 5.74) is 9.78. The average molecular weight is 278 g/mol. The fourth-order valence-corrected chi connectivity index (χ4v) is 2.68. The van der Waals surface area contributed by atoms with Crippen LogP contribution in [0.2, 0.25) is 0 Å². The quantitative estimate of drug-likeness (QED) is 0.796. The second kappa shape index (κ2) is 5.54. The number of hydrogen-bond donors (Lipinski definition) is 1. The molecule has 0 aliphatic carbocycles. The van der Waals surface area contributed by atoms with Crippen molar-refractivity contribution in [1.82, 2.24) is 4.98 Å². The molecule has 3 rings (SSSR count). The van der Waals surface area contributed by atoms with Crippen LogP contribution < -0.4 is 10.5 Å². The summed E-state index contributed by atoms with van der Waals surface area (Å²) in [7, 11) is 1.67. The molecule has 0 saturated carbocycles. The summed E-state index contributed by atoms with van der Waals surface area (Å²) in [6, 6.07) is 14.0. The number of pyridine rings is 1. The summed E-state index contributed by atoms with van der Waals surface area (Å²) in [5.74, 6) is 0.819. The molecular weight excluding hydrogens is 260 g/mol. The highest BCUT2D eigenvalue weighted by atomic mass is 16.5. The molecule has 0 radical (unpaired) electrons. The summed E-state index contributed by atoms with van der Waals surface area (Å²) < 4.78 is 5.46. The van der Waals surface area contributed by atoms with Gasteiger partial charge in [-0.05, 0) is 30.0 Å². The van der Waals surface area contributed by atoms with Crippen molar-refractivity contribution in [1.29, 1.82) is 0 Å². The molecule has 1 heterocycles. The van der Waals surface area contributed by atoms with Crippen LogP contribution in [0.3, 0.4) is 0 Å². The number of nitrogens with two attached hydrogens (primary N) is 1. The molecule has 3 heteroatoms. The van der Waals surface area contributed by atoms with E-state index in [-0.39, 0.29) is 6.04 Å². The molecule has 3 aromatic rings. The number of ether oxygens (including phenoxy) is 1. The maximum Gasteiger partial charge on any atom is 0.123 e. The maximum absolute atomic E-state index is 6.53. The van der Waals surface area contributed by atoms with Crippen molar-refractivity contribution in [2.75, 3.05) is 7.11 Å². The Morgan fingerprint density at radius 3 is 2.76 bits per heavy atom. The van der Waals surface area contributed by atoms with Gasteiger partial charge < -0.3 is 10.5 Å². The number of nitrogens with zero attached hydrogens (tertiary/aromatic N) is 1. The van der Waals surface area contributed by atoms with Crippen molar-refractivity contribution in [3.05, 3.63) is 71.5 Å². The fourth-order valence-electron chi connectivity index (χ4n) is 2.68. The molecule has 3 nitrogen and oxygen atoms in total. The van der Waals surface area contributed by atoms with Crippen LogP contribution >= 0.6 is 0 Å². The number of aromatic nitrogens is 1. The summed E-state index contributed by atoms with van der Waals surface area (Å²) in [6.45, 7) is 2.06. The molecule has 2 N–H and O–H groups in total. The summed E-state index contributed by atoms with van der Waals surface area (Å²) in [4.78, 5) is 4.17. The molecule has 0 aliphatic rings. The van der Waals surface area contributed by atoms with Gasteiger partial charge in [0.15, 0.2) is 0 Å². The third-order valence-corrected chi connectivity index (χ3v) is 3.77. The van der Waals surface area contributed by atoms with Crippen LogP contribution in [0, 0.1) is 6.92 Å². The molecule has 106 valence electrons. The highest BCUT2D eigenvalue weighted by molar-refractivity contribution is 5.85. The Morgan fingerprint density at radius 2 is 1.95 bits per heavy atom. The lowest BCUT2D eigenvalue weighted by Crippen LogP contribution is -2.13. The first-order valence-electron chi connectivity index (χ1n) is 6.93. The van der Waals surface area contributed by atoms with E-state index in [2.05, 4.69) is 24.0 Å². The minimum absolute atomic E-state index is 0.231. The first kappa shape index (κ1) is 13.6. The predicted molar refractivity (Wildman–Crippen MR) is 85.5 cm³/mol. The summed E-state index contributed by atoms with van der Waals surface area (Å²) in [6.07, 6.45) is 3.66. The van der Waals surface area contributed by atoms with Crippen LogP contribution in [-0.4, -0.2) is 12.1 Å². The Hall–Kier alpha value is -2.39. The van der Waals surface area contributed by atoms with Gasteiger partial charge in [0.05, 0.1) is 13.2 Å². The predicted octanol–water partition coefficient (Wildman–Crippen LogP) is 3.60. The van der Waals surface area contributed by atoms with E-state index < -0.39 is 0 Å². The Labute approximate surface area is 124 Å². The second-order valence-corrected chi connectivity index (χ2v) is 5.17. The van der Waals surface area contributed by atoms with Crippen molar-refractivity contribution in [2.24, 2.45) is 5.73 Å². The monoisotopic (exact) mass is 278 g/mol. The molecule has 0 amide bonds. The zero-order chi connectivity index (χ0) is 14.8. The number of hydrogen-bond acceptors (Lipinski definition) is 3. The topological polar surface area (TPSA) is 48.1 Å². The van der Waals surface area contributed by atoms with Gasteiger partial charge >= 0.3 is 0 Å². The van der Waals surface area contributed by atoms with Gasteiger partial charge in [-0.25, -0.2) is 0 Å². The largest absolute Gasteiger partial charge is 0.496 e. The smallest absolute Gasteiger partial charge is 0.123 e. The minimum Gasteiger partial charge on any atom is -0.496 e. The van der Waals surface area contributed by atoms with Crippen molar-refractivity contribution >= 4 is 10.8 Å². The average Bonchev–Trinajstić information content (AvgIpc) is 2.53. The molecular formula is C18H18N2O. The Morgan fingerprint density at radius 1 is 1.10 bits per heavy atom. The number of fused-ring (bicyclic) bond motifs is 1. The van der Waals surface area contributed by atoms with Gasteiger partial charge in [0.2, 0.25) is 0 Å². The van der Waals surface area contributed by atoms with E-state index >= 15 is 0 Å². The van der Waals surface area contributed by atoms with Crippen LogP contribution in [-0.2, 0) is 0 Å². The molecule has 1 unspecified atom stereocenters. The zero-order valence-corrected chi connectivity index (χ0v) is 12.2. The van der Waals surface area contributed by atoms with E-state index in [0.717, 1.165) is 27.6 Å². The van der Waals surface area contributed by atoms with Gasteiger partial charge in [0.1, 0.15) is 5.75 Å². The van der Waals surface area contributed by atoms with Crippen LogP contribution in [0.4, 0.5) is 0 Å². The third-order valence-electron chi connectivity index (χ3n) is 3.77. The van der Waals surface area contributed by atoms with E-state index in [0.29, 0.717) is 0 Å². The van der Waals surface area contributed by atoms with Crippen molar-refractivity contribution in [3.63, 3.8) is 0 Å². The molecule has 1 atom stereocenters. The number of rotatable bonds is 3. The lowest BCUT2D eigenvalue weighted by Gasteiger charge is -2.18. The second-order valence-electron chi connectivity index (χ2n) is 5.17. The first-order valence-corrected chi connectivity index (χ1v) is 6.93. The summed E-state index contributed by atoms with van der Waals surface area (Å²) in [5, 5.41) is 2.22. The van der Waals surface area contributed by atoms with E-state index in [1.54, 1.807) is 13.3 Å². The van der Waals surface area contributed by atoms with Crippen LogP contribution in [0.15, 0.2) is 54.9 Å². The fraction of sp³-hybridized carbons (Fsp3) is 0.167. The molecule has 0 bridgehead atoms. The van der Waals surface area contributed by atoms with Crippen LogP contribution in [0.5, 0.6) is 5.75 Å². The highest BCUT2D eigenvalue weighted by Crippen LogP contribution is 2.32. The summed E-state index contributed by atoms with van der Waals surface area (Å²) >= 11 is 0. The number of benzene rings is 2. The maximum atomic E-state index is 6.53. The minimum atomic E-state index is -0.231. The molecule has 0 fully saturated rings. The first-order chi connectivity index (χ1) is 10.2. The molecule has 1 aromatic heterocycles. The Balaban J connectivity index is 2.17. The zero-order valence-electron chi connectivity index (χ0n) is 12.2. The lowest BCUT2D eigenvalue weighted by molar-refractivity contribution is 0.408. The molecule has 0 spiro atoms. The van der Waals surface area contributed by atoms with E-state index in [9.17, 15) is 0 Å². The van der Waals surface area contributed by atoms with E-state index in [1.807, 2.05) is 36.5 Å². The van der Waals surface area contributed by atoms with Crippen molar-refractivity contribution in [3.8, 4) is 5.75 Å². The molecule has 0 saturated heterocycles. The Kier molecular flexibility index (Phi) is 3.59. The van der Waals surface area contributed by atoms with Gasteiger partial charge in [-0.1, -0.05) is 35.9 Å². The SMILES string of the molecule is COc1ccc(C)cc1C(N)c1cccc2cnccc12. The van der Waals surface area contributed by atoms with Gasteiger partial charge in [-0.3, -0.25) is 4.98 Å². The van der Waals surface area contributed by atoms with E-state index in [1.165, 1.54) is 5.56 Å². The Bertz CT molecular complexity index is 778. The van der Waals surface area contributed by atoms with Gasteiger partial charge in [0, 0.05) is 23.3 Å². The number of methoxy groups -OCH3 is 1. The number of aryl methyl sites for hydroxylation is 1. The third kappa shape index (κ3) is 2.48. The van der Waals surface area contributed by atoms with Crippen LogP contribution in [0.25, 0.3) is 10.8 Å². The van der Waals surface area contributed by atoms with Crippen molar-refractivity contribution < 1.29 is 4.74 Å². The van der Waals surface area contributed by atoms with Gasteiger partial charge in [-0.15, -0.1) is 0 Å². The molecule has 2 aromatic carbocycles. The van der Waals surface area contributed by atoms with Gasteiger partial charge in [0.25, 0.3) is 0 Å². The molecule has 0 aliphatic heterocycles. The highest BCUT2D eigenvalue weighted by Gasteiger charge is 2.16. The van der Waals surface area contributed by atoms with Crippen LogP contribution in [0.1, 0.15) is 22.7 Å². The normalized spacial score (nSPS) is 12.3. The lowest BCUT2D eigenvalue weighted by atomic mass is 9.93. The van der Waals surface area contributed by atoms with Crippen molar-refractivity contribution in [2.45, 2.75) is 13.0 Å². The standard InChI is InChI=1S/C18H18N2O/c1-12-6-7-17(21-2)16(10-12)18(19)15-5-3-4-13-11-20-9-8-14(13)15/h3-11,18H,19H2,1-2H3.